The molecule has 2 heterocycles. The smallest absolute Gasteiger partial charge is 0.0705 e. The molecule has 10 rings (SSSR count). The molecular formula is C43H48FeN2P2Si-6. The van der Waals surface area contributed by atoms with Crippen LogP contribution in [0.1, 0.15) is 54.6 Å². The Balaban J connectivity index is 0.000000581. The molecule has 2 unspecified atom stereocenters. The van der Waals surface area contributed by atoms with Crippen LogP contribution in [0.25, 0.3) is 21.8 Å². The van der Waals surface area contributed by atoms with E-state index >= 15 is 0 Å². The molecule has 6 heteroatoms. The summed E-state index contributed by atoms with van der Waals surface area (Å²) in [5, 5.41) is 3.36. The summed E-state index contributed by atoms with van der Waals surface area (Å²) in [7, 11) is 5.00. The van der Waals surface area contributed by atoms with Gasteiger partial charge >= 0.3 is 0 Å². The van der Waals surface area contributed by atoms with Gasteiger partial charge in [0.25, 0.3) is 0 Å². The molecule has 6 aromatic rings. The summed E-state index contributed by atoms with van der Waals surface area (Å²) in [4.78, 5) is 10.8. The average molecular weight is 739 g/mol. The molecule has 4 fully saturated rings. The number of nitrogens with zero attached hydrogens (tertiary/aromatic N) is 2. The largest absolute Gasteiger partial charge is 0.748 e. The zero-order valence-electron chi connectivity index (χ0n) is 28.9. The van der Waals surface area contributed by atoms with Crippen molar-refractivity contribution in [2.24, 2.45) is 23.7 Å². The molecule has 4 aliphatic carbocycles. The van der Waals surface area contributed by atoms with Gasteiger partial charge in [0.05, 0.1) is 11.0 Å². The van der Waals surface area contributed by atoms with Gasteiger partial charge in [-0.25, -0.2) is 0 Å². The molecule has 0 radical (unpaired) electrons. The Hall–Kier alpha value is -2.44. The van der Waals surface area contributed by atoms with Gasteiger partial charge in [-0.3, -0.25) is 9.97 Å². The first-order valence-electron chi connectivity index (χ1n) is 17.9. The predicted molar refractivity (Wildman–Crippen MR) is 213 cm³/mol. The minimum Gasteiger partial charge on any atom is -0.748 e. The van der Waals surface area contributed by atoms with Gasteiger partial charge in [-0.05, 0) is 86.2 Å². The molecular weight excluding hydrogens is 690 g/mol. The zero-order valence-corrected chi connectivity index (χ0v) is 33.3. The maximum absolute atomic E-state index is 5.42. The molecule has 4 aromatic carbocycles. The maximum atomic E-state index is 5.42. The molecule has 4 aliphatic rings. The number of hydrogen-bond acceptors (Lipinski definition) is 2. The summed E-state index contributed by atoms with van der Waals surface area (Å²) in [5.74, 6) is 3.40. The van der Waals surface area contributed by atoms with Crippen molar-refractivity contribution in [3.8, 4) is 0 Å². The van der Waals surface area contributed by atoms with Crippen molar-refractivity contribution < 1.29 is 17.1 Å². The SMILES string of the molecule is C[Si](C)(C)[c-]1cc(C(P)(c2ccc3ccccc3n2)c2ccc3ccccc3n2)c(C2(CP)C3CC4CC(C3)CC2C4)c1.[Fe].[cH-]1[cH-][cH-][cH-][cH-]1. The molecule has 2 atom stereocenters. The van der Waals surface area contributed by atoms with Crippen LogP contribution in [0.2, 0.25) is 19.6 Å². The second-order valence-electron chi connectivity index (χ2n) is 15.9. The van der Waals surface area contributed by atoms with E-state index in [-0.39, 0.29) is 22.5 Å². The average Bonchev–Trinajstić information content (AvgIpc) is 3.83. The molecule has 2 nitrogen and oxygen atoms in total. The topological polar surface area (TPSA) is 25.8 Å². The number of pyridine rings is 2. The van der Waals surface area contributed by atoms with Crippen LogP contribution in [0.15, 0.2) is 115 Å². The van der Waals surface area contributed by atoms with Crippen LogP contribution < -0.4 is 5.19 Å². The first-order chi connectivity index (χ1) is 23.2. The number of hydrogen-bond donors (Lipinski definition) is 0. The molecule has 0 aliphatic heterocycles. The Labute approximate surface area is 308 Å². The third-order valence-electron chi connectivity index (χ3n) is 12.2. The first kappa shape index (κ1) is 35.0. The van der Waals surface area contributed by atoms with Crippen LogP contribution in [-0.4, -0.2) is 24.2 Å². The fourth-order valence-electron chi connectivity index (χ4n) is 9.86. The predicted octanol–water partition coefficient (Wildman–Crippen LogP) is 10.2. The Kier molecular flexibility index (Phi) is 9.71. The fraction of sp³-hybridized carbons (Fsp3) is 0.349. The van der Waals surface area contributed by atoms with Crippen LogP contribution in [0.3, 0.4) is 0 Å². The second-order valence-corrected chi connectivity index (χ2v) is 22.3. The van der Waals surface area contributed by atoms with Crippen LogP contribution in [0, 0.1) is 23.7 Å². The Bertz CT molecular complexity index is 1940. The molecule has 0 saturated heterocycles. The zero-order chi connectivity index (χ0) is 33.1. The van der Waals surface area contributed by atoms with Crippen molar-refractivity contribution >= 4 is 53.5 Å². The van der Waals surface area contributed by atoms with Gasteiger partial charge < -0.3 is 30.3 Å². The van der Waals surface area contributed by atoms with Crippen molar-refractivity contribution in [1.29, 1.82) is 0 Å². The van der Waals surface area contributed by atoms with E-state index in [0.717, 1.165) is 52.3 Å². The number of aromatic nitrogens is 2. The molecule has 258 valence electrons. The number of benzene rings is 2. The minimum absolute atomic E-state index is 0. The third kappa shape index (κ3) is 6.05. The van der Waals surface area contributed by atoms with E-state index < -0.39 is 13.2 Å². The summed E-state index contributed by atoms with van der Waals surface area (Å²) in [6.07, 6.45) is 8.23. The molecule has 0 spiro atoms. The van der Waals surface area contributed by atoms with Crippen LogP contribution in [0.4, 0.5) is 0 Å². The van der Waals surface area contributed by atoms with E-state index in [1.807, 2.05) is 30.3 Å². The van der Waals surface area contributed by atoms with Crippen molar-refractivity contribution in [3.63, 3.8) is 0 Å². The number of rotatable bonds is 6. The molecule has 0 N–H and O–H groups in total. The summed E-state index contributed by atoms with van der Waals surface area (Å²) >= 11 is 0. The fourth-order valence-corrected chi connectivity index (χ4v) is 12.5. The molecule has 4 saturated carbocycles. The van der Waals surface area contributed by atoms with E-state index in [2.05, 4.69) is 123 Å². The Morgan fingerprint density at radius 1 is 0.714 bits per heavy atom. The maximum Gasteiger partial charge on any atom is 0.0705 e. The summed E-state index contributed by atoms with van der Waals surface area (Å²) in [5.41, 5.74) is 7.44. The van der Waals surface area contributed by atoms with Gasteiger partial charge in [-0.2, -0.15) is 28.4 Å². The van der Waals surface area contributed by atoms with E-state index in [1.165, 1.54) is 48.4 Å². The molecule has 4 bridgehead atoms. The van der Waals surface area contributed by atoms with Crippen LogP contribution in [-0.2, 0) is 27.6 Å². The monoisotopic (exact) mass is 738 g/mol. The normalized spacial score (nSPS) is 24.4. The molecule has 49 heavy (non-hydrogen) atoms. The molecule has 0 amide bonds. The first-order valence-corrected chi connectivity index (χ1v) is 22.8. The standard InChI is InChI=1S/C38H43N2P2Si.C5H5.Fe/c1-43(2,3)30-21-31(37(23-41)28-17-24-16-25(19-28)20-29(37)18-24)32(22-30)38(42,35-14-12-26-8-4-6-10-33(26)39-35)36-15-13-27-9-5-7-11-34(27)40-36;1-2-4-5-3-1;/h4-15,21-22,24-25,28-29H,16-20,23,41-42H2,1-3H3;1-5H;/q-1;-5;. The van der Waals surface area contributed by atoms with E-state index in [1.54, 1.807) is 10.8 Å². The third-order valence-corrected chi connectivity index (χ3v) is 15.8. The van der Waals surface area contributed by atoms with Gasteiger partial charge in [0.1, 0.15) is 0 Å². The number of para-hydroxylation sites is 2. The van der Waals surface area contributed by atoms with Gasteiger partial charge in [0, 0.05) is 52.5 Å². The Morgan fingerprint density at radius 3 is 1.63 bits per heavy atom. The van der Waals surface area contributed by atoms with Crippen molar-refractivity contribution in [1.82, 2.24) is 9.97 Å². The van der Waals surface area contributed by atoms with Crippen LogP contribution >= 0.6 is 18.5 Å². The van der Waals surface area contributed by atoms with Crippen molar-refractivity contribution in [2.45, 2.75) is 62.3 Å². The number of fused-ring (bicyclic) bond motifs is 2. The molecule has 2 aromatic heterocycles. The van der Waals surface area contributed by atoms with Crippen LogP contribution in [0.5, 0.6) is 0 Å². The van der Waals surface area contributed by atoms with Crippen molar-refractivity contribution in [2.75, 3.05) is 6.16 Å². The van der Waals surface area contributed by atoms with Gasteiger partial charge in [-0.15, -0.1) is 18.5 Å². The Morgan fingerprint density at radius 2 is 1.18 bits per heavy atom. The van der Waals surface area contributed by atoms with E-state index in [0.29, 0.717) is 0 Å². The second kappa shape index (κ2) is 13.6. The van der Waals surface area contributed by atoms with Gasteiger partial charge in [-0.1, -0.05) is 73.6 Å². The summed E-state index contributed by atoms with van der Waals surface area (Å²) in [6.45, 7) is 7.52. The summed E-state index contributed by atoms with van der Waals surface area (Å²) < 4.78 is 0. The van der Waals surface area contributed by atoms with E-state index in [9.17, 15) is 0 Å². The van der Waals surface area contributed by atoms with Crippen molar-refractivity contribution in [3.05, 3.63) is 138 Å². The van der Waals surface area contributed by atoms with E-state index in [4.69, 9.17) is 9.97 Å². The minimum atomic E-state index is -1.62. The summed E-state index contributed by atoms with van der Waals surface area (Å²) in [6, 6.07) is 41.4. The van der Waals surface area contributed by atoms with Gasteiger partial charge in [0.15, 0.2) is 0 Å². The quantitative estimate of drug-likeness (QED) is 0.0966. The van der Waals surface area contributed by atoms with Gasteiger partial charge in [0.2, 0.25) is 0 Å².